The van der Waals surface area contributed by atoms with Crippen molar-refractivity contribution in [3.05, 3.63) is 58.2 Å². The maximum atomic E-state index is 13.7. The number of rotatable bonds is 0. The maximum Gasteiger partial charge on any atom is 0.167 e. The number of carbonyl (C=O) groups excluding carboxylic acids is 1. The highest BCUT2D eigenvalue weighted by molar-refractivity contribution is 6.05. The third-order valence-electron chi connectivity index (χ3n) is 8.79. The van der Waals surface area contributed by atoms with Gasteiger partial charge in [0.15, 0.2) is 5.78 Å². The van der Waals surface area contributed by atoms with E-state index in [0.29, 0.717) is 17.6 Å². The largest absolute Gasteiger partial charge is 0.294 e. The van der Waals surface area contributed by atoms with Crippen LogP contribution in [0.15, 0.2) is 41.5 Å². The summed E-state index contributed by atoms with van der Waals surface area (Å²) in [5.41, 5.74) is 7.64. The Balaban J connectivity index is 1.66. The van der Waals surface area contributed by atoms with E-state index < -0.39 is 0 Å². The Morgan fingerprint density at radius 1 is 1.15 bits per heavy atom. The molecule has 6 aliphatic rings. The summed E-state index contributed by atoms with van der Waals surface area (Å²) < 4.78 is 0. The predicted octanol–water partition coefficient (Wildman–Crippen LogP) is 5.82. The minimum atomic E-state index is 0.215. The molecule has 1 fully saturated rings. The summed E-state index contributed by atoms with van der Waals surface area (Å²) >= 11 is 0. The van der Waals surface area contributed by atoms with Crippen LogP contribution in [0.2, 0.25) is 0 Å². The van der Waals surface area contributed by atoms with Gasteiger partial charge in [-0.05, 0) is 78.3 Å². The second kappa shape index (κ2) is 4.32. The van der Waals surface area contributed by atoms with Crippen LogP contribution in [-0.2, 0) is 6.42 Å². The molecule has 5 atom stereocenters. The Kier molecular flexibility index (Phi) is 2.36. The molecule has 0 amide bonds. The lowest BCUT2D eigenvalue weighted by Crippen LogP contribution is -2.38. The molecule has 0 N–H and O–H groups in total. The van der Waals surface area contributed by atoms with Crippen molar-refractivity contribution in [3.63, 3.8) is 0 Å². The van der Waals surface area contributed by atoms with Crippen LogP contribution in [0.4, 0.5) is 0 Å². The van der Waals surface area contributed by atoms with Crippen molar-refractivity contribution in [3.8, 4) is 0 Å². The zero-order chi connectivity index (χ0) is 17.2. The van der Waals surface area contributed by atoms with Gasteiger partial charge in [0.25, 0.3) is 0 Å². The lowest BCUT2D eigenvalue weighted by Gasteiger charge is -2.40. The molecule has 11 bridgehead atoms. The number of hydrogen-bond acceptors (Lipinski definition) is 1. The zero-order valence-corrected chi connectivity index (χ0v) is 15.3. The van der Waals surface area contributed by atoms with Crippen LogP contribution in [0.3, 0.4) is 0 Å². The van der Waals surface area contributed by atoms with E-state index in [1.807, 2.05) is 0 Å². The topological polar surface area (TPSA) is 17.1 Å². The number of benzene rings is 2. The molecule has 26 heavy (non-hydrogen) atoms. The fourth-order valence-corrected chi connectivity index (χ4v) is 7.91. The summed E-state index contributed by atoms with van der Waals surface area (Å²) in [7, 11) is 0. The lowest BCUT2D eigenvalue weighted by molar-refractivity contribution is 0.0768. The van der Waals surface area contributed by atoms with Crippen LogP contribution in [-0.4, -0.2) is 5.78 Å². The molecule has 5 unspecified atom stereocenters. The minimum Gasteiger partial charge on any atom is -0.294 e. The van der Waals surface area contributed by atoms with Crippen LogP contribution in [0.1, 0.15) is 66.4 Å². The third-order valence-corrected chi connectivity index (χ3v) is 8.79. The molecule has 2 aromatic rings. The van der Waals surface area contributed by atoms with Crippen LogP contribution in [0, 0.1) is 23.2 Å². The normalized spacial score (nSPS) is 38.9. The highest BCUT2D eigenvalue weighted by atomic mass is 16.1. The Morgan fingerprint density at radius 2 is 2.08 bits per heavy atom. The van der Waals surface area contributed by atoms with Gasteiger partial charge in [0.2, 0.25) is 0 Å². The van der Waals surface area contributed by atoms with E-state index in [1.165, 1.54) is 42.0 Å². The molecular weight excluding hydrogens is 316 g/mol. The lowest BCUT2D eigenvalue weighted by atomic mass is 9.62. The first-order chi connectivity index (χ1) is 12.7. The van der Waals surface area contributed by atoms with Crippen molar-refractivity contribution >= 4 is 16.6 Å². The quantitative estimate of drug-likeness (QED) is 0.552. The summed E-state index contributed by atoms with van der Waals surface area (Å²) in [5.74, 6) is 2.73. The molecule has 8 rings (SSSR count). The molecule has 130 valence electrons. The van der Waals surface area contributed by atoms with Gasteiger partial charge in [-0.1, -0.05) is 42.3 Å². The number of aryl methyl sites for hydroxylation is 1. The van der Waals surface area contributed by atoms with Crippen LogP contribution < -0.4 is 0 Å². The Labute approximate surface area is 154 Å². The second-order valence-corrected chi connectivity index (χ2v) is 9.72. The smallest absolute Gasteiger partial charge is 0.167 e. The van der Waals surface area contributed by atoms with E-state index in [1.54, 1.807) is 16.7 Å². The van der Waals surface area contributed by atoms with Crippen LogP contribution >= 0.6 is 0 Å². The molecule has 2 aromatic carbocycles. The van der Waals surface area contributed by atoms with Crippen molar-refractivity contribution in [2.45, 2.75) is 51.4 Å². The molecule has 0 heterocycles. The number of allylic oxidation sites excluding steroid dienone is 2. The van der Waals surface area contributed by atoms with Gasteiger partial charge < -0.3 is 0 Å². The van der Waals surface area contributed by atoms with E-state index in [4.69, 9.17) is 0 Å². The molecule has 0 saturated heterocycles. The molecule has 1 saturated carbocycles. The van der Waals surface area contributed by atoms with Crippen LogP contribution in [0.25, 0.3) is 10.8 Å². The molecule has 0 radical (unpaired) electrons. The molecule has 1 heteroatoms. The van der Waals surface area contributed by atoms with Crippen molar-refractivity contribution in [1.29, 1.82) is 0 Å². The van der Waals surface area contributed by atoms with Gasteiger partial charge in [-0.25, -0.2) is 0 Å². The maximum absolute atomic E-state index is 13.7. The van der Waals surface area contributed by atoms with Gasteiger partial charge in [0.1, 0.15) is 0 Å². The average molecular weight is 340 g/mol. The Hall–Kier alpha value is -1.89. The van der Waals surface area contributed by atoms with Gasteiger partial charge in [-0.2, -0.15) is 0 Å². The summed E-state index contributed by atoms with van der Waals surface area (Å²) in [6.45, 7) is 2.46. The van der Waals surface area contributed by atoms with E-state index in [-0.39, 0.29) is 11.3 Å². The first kappa shape index (κ1) is 14.2. The Morgan fingerprint density at radius 3 is 3.00 bits per heavy atom. The second-order valence-electron chi connectivity index (χ2n) is 9.72. The molecule has 1 nitrogen and oxygen atoms in total. The number of carbonyl (C=O) groups is 1. The zero-order valence-electron chi connectivity index (χ0n) is 15.3. The van der Waals surface area contributed by atoms with E-state index in [2.05, 4.69) is 37.3 Å². The van der Waals surface area contributed by atoms with Crippen LogP contribution in [0.5, 0.6) is 0 Å². The number of Topliss-reactive ketones (excluding diaryl/α,β-unsaturated/α-hetero) is 1. The van der Waals surface area contributed by atoms with Gasteiger partial charge in [-0.15, -0.1) is 0 Å². The molecule has 1 spiro atoms. The first-order valence-electron chi connectivity index (χ1n) is 10.5. The van der Waals surface area contributed by atoms with E-state index >= 15 is 0 Å². The molecule has 6 aliphatic carbocycles. The standard InChI is InChI=1S/C25H24O/c1-13-9-21-23-16-7-8-25(21,12-16)20-6-5-15-10-18-14(11-19(15)24(20)26)3-2-4-17(18)22(13)23/h2-4,10-11,13,16,20,22H,5-9,12H2,1H3. The molecule has 0 aromatic heterocycles. The van der Waals surface area contributed by atoms with E-state index in [0.717, 1.165) is 24.3 Å². The summed E-state index contributed by atoms with van der Waals surface area (Å²) in [4.78, 5) is 13.7. The fourth-order valence-electron chi connectivity index (χ4n) is 7.91. The summed E-state index contributed by atoms with van der Waals surface area (Å²) in [6.07, 6.45) is 7.26. The van der Waals surface area contributed by atoms with Crippen molar-refractivity contribution in [2.24, 2.45) is 23.2 Å². The monoisotopic (exact) mass is 340 g/mol. The predicted molar refractivity (Wildman–Crippen MR) is 103 cm³/mol. The summed E-state index contributed by atoms with van der Waals surface area (Å²) in [6, 6.07) is 11.4. The Bertz CT molecular complexity index is 1060. The van der Waals surface area contributed by atoms with Gasteiger partial charge in [0, 0.05) is 22.8 Å². The number of ketones is 1. The highest BCUT2D eigenvalue weighted by Gasteiger charge is 2.60. The highest BCUT2D eigenvalue weighted by Crippen LogP contribution is 2.70. The SMILES string of the molecule is CC1CC2=C3C4CCC2(C4)C2CCc4cc5c(cccc5cc4C2=O)C31. The molecular formula is C25H24O. The molecule has 0 aliphatic heterocycles. The van der Waals surface area contributed by atoms with E-state index in [9.17, 15) is 4.79 Å². The third kappa shape index (κ3) is 1.39. The van der Waals surface area contributed by atoms with Crippen molar-refractivity contribution in [1.82, 2.24) is 0 Å². The first-order valence-corrected chi connectivity index (χ1v) is 10.5. The summed E-state index contributed by atoms with van der Waals surface area (Å²) in [5, 5.41) is 2.70. The fraction of sp³-hybridized carbons (Fsp3) is 0.480. The van der Waals surface area contributed by atoms with Crippen molar-refractivity contribution in [2.75, 3.05) is 0 Å². The van der Waals surface area contributed by atoms with Gasteiger partial charge in [0.05, 0.1) is 0 Å². The van der Waals surface area contributed by atoms with Gasteiger partial charge >= 0.3 is 0 Å². The number of fused-ring (bicyclic) bond motifs is 2. The average Bonchev–Trinajstić information content (AvgIpc) is 3.29. The van der Waals surface area contributed by atoms with Gasteiger partial charge in [-0.3, -0.25) is 4.79 Å². The van der Waals surface area contributed by atoms with Crippen molar-refractivity contribution < 1.29 is 4.79 Å². The number of hydrogen-bond donors (Lipinski definition) is 0. The minimum absolute atomic E-state index is 0.215.